The molecule has 1 saturated carbocycles. The van der Waals surface area contributed by atoms with Gasteiger partial charge in [0, 0.05) is 25.1 Å². The van der Waals surface area contributed by atoms with Crippen LogP contribution < -0.4 is 5.32 Å². The second-order valence-corrected chi connectivity index (χ2v) is 7.83. The summed E-state index contributed by atoms with van der Waals surface area (Å²) in [6.07, 6.45) is 5.40. The third-order valence-electron chi connectivity index (χ3n) is 5.94. The molecule has 0 saturated heterocycles. The zero-order valence-corrected chi connectivity index (χ0v) is 16.8. The highest BCUT2D eigenvalue weighted by Gasteiger charge is 2.36. The molecule has 0 bridgehead atoms. The molecule has 0 aliphatic heterocycles. The predicted molar refractivity (Wildman–Crippen MR) is 110 cm³/mol. The summed E-state index contributed by atoms with van der Waals surface area (Å²) in [5, 5.41) is 3.59. The van der Waals surface area contributed by atoms with Crippen molar-refractivity contribution in [3.8, 4) is 0 Å². The van der Waals surface area contributed by atoms with E-state index in [1.807, 2.05) is 7.11 Å². The molecule has 1 aliphatic rings. The van der Waals surface area contributed by atoms with Gasteiger partial charge in [0.1, 0.15) is 5.82 Å². The fraction of sp³-hybridized carbons (Fsp3) is 0.458. The summed E-state index contributed by atoms with van der Waals surface area (Å²) in [6.45, 7) is 2.92. The molecule has 150 valence electrons. The monoisotopic (exact) mass is 383 g/mol. The normalized spacial score (nSPS) is 22.2. The number of Topliss-reactive ketones (excluding diaryl/α,β-unsaturated/α-hetero) is 1. The van der Waals surface area contributed by atoms with E-state index in [4.69, 9.17) is 4.74 Å². The molecule has 28 heavy (non-hydrogen) atoms. The molecule has 0 spiro atoms. The van der Waals surface area contributed by atoms with E-state index >= 15 is 0 Å². The maximum absolute atomic E-state index is 12.9. The van der Waals surface area contributed by atoms with Gasteiger partial charge in [0.05, 0.1) is 5.60 Å². The summed E-state index contributed by atoms with van der Waals surface area (Å²) in [4.78, 5) is 12.1. The van der Waals surface area contributed by atoms with E-state index in [1.165, 1.54) is 23.3 Å². The predicted octanol–water partition coefficient (Wildman–Crippen LogP) is 5.17. The summed E-state index contributed by atoms with van der Waals surface area (Å²) >= 11 is 0. The molecule has 3 rings (SSSR count). The molecule has 0 atom stereocenters. The lowest BCUT2D eigenvalue weighted by Crippen LogP contribution is -2.41. The lowest BCUT2D eigenvalue weighted by molar-refractivity contribution is -0.0500. The fourth-order valence-corrected chi connectivity index (χ4v) is 4.09. The van der Waals surface area contributed by atoms with E-state index < -0.39 is 0 Å². The number of rotatable bonds is 8. The smallest absolute Gasteiger partial charge is 0.162 e. The topological polar surface area (TPSA) is 38.3 Å². The first-order chi connectivity index (χ1) is 13.5. The molecule has 0 unspecified atom stereocenters. The SMILES string of the molecule is COC1(c2ccc(C)cc2)CCC(NCCCC(=O)c2ccc(F)cc2)CC1. The Bertz CT molecular complexity index is 762. The Hall–Kier alpha value is -2.04. The minimum Gasteiger partial charge on any atom is -0.374 e. The molecule has 1 N–H and O–H groups in total. The van der Waals surface area contributed by atoms with Gasteiger partial charge in [-0.15, -0.1) is 0 Å². The highest BCUT2D eigenvalue weighted by Crippen LogP contribution is 2.40. The summed E-state index contributed by atoms with van der Waals surface area (Å²) in [7, 11) is 1.81. The van der Waals surface area contributed by atoms with Gasteiger partial charge < -0.3 is 10.1 Å². The van der Waals surface area contributed by atoms with Crippen LogP contribution in [-0.4, -0.2) is 25.5 Å². The van der Waals surface area contributed by atoms with E-state index in [-0.39, 0.29) is 17.2 Å². The van der Waals surface area contributed by atoms with Crippen LogP contribution in [0, 0.1) is 12.7 Å². The Morgan fingerprint density at radius 3 is 2.36 bits per heavy atom. The van der Waals surface area contributed by atoms with Crippen LogP contribution in [0.1, 0.15) is 60.0 Å². The van der Waals surface area contributed by atoms with Crippen LogP contribution in [0.5, 0.6) is 0 Å². The Labute approximate surface area is 167 Å². The van der Waals surface area contributed by atoms with Crippen LogP contribution in [0.4, 0.5) is 4.39 Å². The van der Waals surface area contributed by atoms with Crippen LogP contribution in [0.3, 0.4) is 0 Å². The van der Waals surface area contributed by atoms with Gasteiger partial charge in [0.15, 0.2) is 5.78 Å². The number of nitrogens with one attached hydrogen (secondary N) is 1. The highest BCUT2D eigenvalue weighted by atomic mass is 19.1. The number of carbonyl (C=O) groups is 1. The van der Waals surface area contributed by atoms with Crippen LogP contribution in [0.25, 0.3) is 0 Å². The number of methoxy groups -OCH3 is 1. The Morgan fingerprint density at radius 2 is 1.75 bits per heavy atom. The van der Waals surface area contributed by atoms with Gasteiger partial charge in [-0.2, -0.15) is 0 Å². The first-order valence-corrected chi connectivity index (χ1v) is 10.2. The third kappa shape index (κ3) is 5.06. The van der Waals surface area contributed by atoms with Crippen molar-refractivity contribution in [1.82, 2.24) is 5.32 Å². The van der Waals surface area contributed by atoms with Gasteiger partial charge in [-0.3, -0.25) is 4.79 Å². The van der Waals surface area contributed by atoms with E-state index in [9.17, 15) is 9.18 Å². The van der Waals surface area contributed by atoms with Crippen molar-refractivity contribution in [3.63, 3.8) is 0 Å². The number of ketones is 1. The zero-order valence-electron chi connectivity index (χ0n) is 16.8. The van der Waals surface area contributed by atoms with E-state index in [0.717, 1.165) is 38.6 Å². The van der Waals surface area contributed by atoms with Crippen LogP contribution in [0.15, 0.2) is 48.5 Å². The highest BCUT2D eigenvalue weighted by molar-refractivity contribution is 5.95. The second kappa shape index (κ2) is 9.44. The van der Waals surface area contributed by atoms with Crippen molar-refractivity contribution in [1.29, 1.82) is 0 Å². The molecule has 2 aromatic carbocycles. The van der Waals surface area contributed by atoms with Crippen molar-refractivity contribution in [2.75, 3.05) is 13.7 Å². The van der Waals surface area contributed by atoms with Crippen LogP contribution in [0.2, 0.25) is 0 Å². The number of hydrogen-bond acceptors (Lipinski definition) is 3. The lowest BCUT2D eigenvalue weighted by Gasteiger charge is -2.40. The minimum atomic E-state index is -0.312. The van der Waals surface area contributed by atoms with E-state index in [1.54, 1.807) is 12.1 Å². The molecule has 2 aromatic rings. The molecule has 0 aromatic heterocycles. The van der Waals surface area contributed by atoms with Gasteiger partial charge in [0.25, 0.3) is 0 Å². The summed E-state index contributed by atoms with van der Waals surface area (Å²) in [5.74, 6) is -0.239. The average molecular weight is 384 g/mol. The van der Waals surface area contributed by atoms with Gasteiger partial charge in [0.2, 0.25) is 0 Å². The molecule has 4 heteroatoms. The molecular weight excluding hydrogens is 353 g/mol. The maximum atomic E-state index is 12.9. The number of halogens is 1. The standard InChI is InChI=1S/C24H30FNO2/c1-18-5-9-20(10-6-18)24(28-2)15-13-22(14-16-24)26-17-3-4-23(27)19-7-11-21(25)12-8-19/h5-12,22,26H,3-4,13-17H2,1-2H3. The number of benzene rings is 2. The molecule has 1 fully saturated rings. The molecule has 0 radical (unpaired) electrons. The maximum Gasteiger partial charge on any atom is 0.162 e. The van der Waals surface area contributed by atoms with E-state index in [0.29, 0.717) is 18.0 Å². The lowest BCUT2D eigenvalue weighted by atomic mass is 9.77. The Kier molecular flexibility index (Phi) is 6.97. The number of hydrogen-bond donors (Lipinski definition) is 1. The second-order valence-electron chi connectivity index (χ2n) is 7.83. The quantitative estimate of drug-likeness (QED) is 0.505. The number of carbonyl (C=O) groups excluding carboxylic acids is 1. The summed E-state index contributed by atoms with van der Waals surface area (Å²) in [5.41, 5.74) is 2.94. The number of ether oxygens (including phenoxy) is 1. The van der Waals surface area contributed by atoms with E-state index in [2.05, 4.69) is 36.5 Å². The van der Waals surface area contributed by atoms with Gasteiger partial charge in [-0.25, -0.2) is 4.39 Å². The van der Waals surface area contributed by atoms with Crippen molar-refractivity contribution in [2.45, 2.75) is 57.1 Å². The average Bonchev–Trinajstić information content (AvgIpc) is 2.72. The van der Waals surface area contributed by atoms with Crippen molar-refractivity contribution in [3.05, 3.63) is 71.0 Å². The molecule has 1 aliphatic carbocycles. The van der Waals surface area contributed by atoms with Crippen molar-refractivity contribution < 1.29 is 13.9 Å². The first kappa shape index (κ1) is 20.7. The third-order valence-corrected chi connectivity index (χ3v) is 5.94. The molecule has 0 heterocycles. The molecule has 0 amide bonds. The van der Waals surface area contributed by atoms with Gasteiger partial charge in [-0.1, -0.05) is 29.8 Å². The van der Waals surface area contributed by atoms with Crippen LogP contribution in [-0.2, 0) is 10.3 Å². The fourth-order valence-electron chi connectivity index (χ4n) is 4.09. The Balaban J connectivity index is 1.42. The zero-order chi connectivity index (χ0) is 20.0. The summed E-state index contributed by atoms with van der Waals surface area (Å²) < 4.78 is 18.9. The number of aryl methyl sites for hydroxylation is 1. The summed E-state index contributed by atoms with van der Waals surface area (Å²) in [6, 6.07) is 14.9. The minimum absolute atomic E-state index is 0.0724. The van der Waals surface area contributed by atoms with Crippen LogP contribution >= 0.6 is 0 Å². The first-order valence-electron chi connectivity index (χ1n) is 10.2. The Morgan fingerprint density at radius 1 is 1.11 bits per heavy atom. The van der Waals surface area contributed by atoms with Crippen molar-refractivity contribution >= 4 is 5.78 Å². The van der Waals surface area contributed by atoms with Gasteiger partial charge >= 0.3 is 0 Å². The largest absolute Gasteiger partial charge is 0.374 e. The molecular formula is C24H30FNO2. The molecule has 3 nitrogen and oxygen atoms in total. The van der Waals surface area contributed by atoms with Crippen molar-refractivity contribution in [2.24, 2.45) is 0 Å². The van der Waals surface area contributed by atoms with Gasteiger partial charge in [-0.05, 0) is 75.4 Å².